The zero-order valence-electron chi connectivity index (χ0n) is 17.6. The lowest BCUT2D eigenvalue weighted by molar-refractivity contribution is -0.127. The quantitative estimate of drug-likeness (QED) is 0.821. The van der Waals surface area contributed by atoms with Crippen LogP contribution in [0.2, 0.25) is 0 Å². The van der Waals surface area contributed by atoms with Crippen molar-refractivity contribution in [3.05, 3.63) is 23.8 Å². The van der Waals surface area contributed by atoms with Gasteiger partial charge in [-0.15, -0.1) is 0 Å². The molecule has 2 amide bonds. The SMILES string of the molecule is CC(C)c1ncc(C(=O)N2CCC(N3CCCC(C(=O)NC4CC4)C3)CC2)cn1. The molecule has 29 heavy (non-hydrogen) atoms. The highest BCUT2D eigenvalue weighted by atomic mass is 16.2. The van der Waals surface area contributed by atoms with E-state index in [4.69, 9.17) is 0 Å². The topological polar surface area (TPSA) is 78.4 Å². The van der Waals surface area contributed by atoms with E-state index in [1.165, 1.54) is 0 Å². The van der Waals surface area contributed by atoms with Crippen LogP contribution in [0.3, 0.4) is 0 Å². The fourth-order valence-corrected chi connectivity index (χ4v) is 4.46. The lowest BCUT2D eigenvalue weighted by Gasteiger charge is -2.42. The van der Waals surface area contributed by atoms with E-state index in [2.05, 4.69) is 20.2 Å². The van der Waals surface area contributed by atoms with Crippen molar-refractivity contribution < 1.29 is 9.59 Å². The van der Waals surface area contributed by atoms with Crippen LogP contribution in [0.4, 0.5) is 0 Å². The summed E-state index contributed by atoms with van der Waals surface area (Å²) >= 11 is 0. The lowest BCUT2D eigenvalue weighted by atomic mass is 9.93. The first-order valence-corrected chi connectivity index (χ1v) is 11.2. The molecular weight excluding hydrogens is 366 g/mol. The second-order valence-corrected chi connectivity index (χ2v) is 9.12. The average molecular weight is 400 g/mol. The molecule has 3 aliphatic rings. The Hall–Kier alpha value is -2.02. The summed E-state index contributed by atoms with van der Waals surface area (Å²) in [6.07, 6.45) is 9.61. The Morgan fingerprint density at radius 1 is 1.03 bits per heavy atom. The number of aromatic nitrogens is 2. The maximum Gasteiger partial charge on any atom is 0.256 e. The third-order valence-electron chi connectivity index (χ3n) is 6.45. The smallest absolute Gasteiger partial charge is 0.256 e. The van der Waals surface area contributed by atoms with Gasteiger partial charge in [0.25, 0.3) is 5.91 Å². The zero-order chi connectivity index (χ0) is 20.4. The molecule has 1 aromatic heterocycles. The van der Waals surface area contributed by atoms with E-state index >= 15 is 0 Å². The first-order chi connectivity index (χ1) is 14.0. The molecule has 7 nitrogen and oxygen atoms in total. The van der Waals surface area contributed by atoms with Crippen molar-refractivity contribution in [3.63, 3.8) is 0 Å². The Kier molecular flexibility index (Phi) is 6.13. The predicted octanol–water partition coefficient (Wildman–Crippen LogP) is 2.20. The number of amides is 2. The van der Waals surface area contributed by atoms with E-state index in [0.717, 1.165) is 70.5 Å². The van der Waals surface area contributed by atoms with Crippen molar-refractivity contribution in [2.24, 2.45) is 5.92 Å². The van der Waals surface area contributed by atoms with E-state index in [-0.39, 0.29) is 23.7 Å². The summed E-state index contributed by atoms with van der Waals surface area (Å²) in [5.41, 5.74) is 0.572. The molecule has 3 fully saturated rings. The van der Waals surface area contributed by atoms with Crippen LogP contribution in [0.15, 0.2) is 12.4 Å². The highest BCUT2D eigenvalue weighted by Gasteiger charge is 2.34. The Labute approximate surface area is 173 Å². The van der Waals surface area contributed by atoms with Gasteiger partial charge in [-0.3, -0.25) is 14.5 Å². The molecule has 158 valence electrons. The van der Waals surface area contributed by atoms with Gasteiger partial charge in [0.2, 0.25) is 5.91 Å². The normalized spacial score (nSPS) is 24.0. The van der Waals surface area contributed by atoms with Crippen LogP contribution in [0.5, 0.6) is 0 Å². The number of rotatable bonds is 5. The third-order valence-corrected chi connectivity index (χ3v) is 6.45. The number of nitrogens with one attached hydrogen (secondary N) is 1. The number of nitrogens with zero attached hydrogens (tertiary/aromatic N) is 4. The minimum atomic E-state index is 0.0269. The Morgan fingerprint density at radius 2 is 1.72 bits per heavy atom. The molecule has 1 atom stereocenters. The highest BCUT2D eigenvalue weighted by molar-refractivity contribution is 5.93. The molecule has 7 heteroatoms. The van der Waals surface area contributed by atoms with Gasteiger partial charge in [-0.2, -0.15) is 0 Å². The predicted molar refractivity (Wildman–Crippen MR) is 111 cm³/mol. The summed E-state index contributed by atoms with van der Waals surface area (Å²) in [5, 5.41) is 3.17. The third kappa shape index (κ3) is 4.94. The molecule has 1 N–H and O–H groups in total. The summed E-state index contributed by atoms with van der Waals surface area (Å²) in [5.74, 6) is 1.43. The molecule has 1 aromatic rings. The Balaban J connectivity index is 1.28. The first-order valence-electron chi connectivity index (χ1n) is 11.2. The van der Waals surface area contributed by atoms with Crippen LogP contribution in [0.1, 0.15) is 74.5 Å². The van der Waals surface area contributed by atoms with Gasteiger partial charge >= 0.3 is 0 Å². The molecule has 3 heterocycles. The molecule has 0 spiro atoms. The zero-order valence-corrected chi connectivity index (χ0v) is 17.6. The Bertz CT molecular complexity index is 723. The van der Waals surface area contributed by atoms with Crippen molar-refractivity contribution in [1.82, 2.24) is 25.1 Å². The molecule has 2 aliphatic heterocycles. The van der Waals surface area contributed by atoms with Crippen LogP contribution < -0.4 is 5.32 Å². The minimum Gasteiger partial charge on any atom is -0.353 e. The fourth-order valence-electron chi connectivity index (χ4n) is 4.46. The molecule has 4 rings (SSSR count). The van der Waals surface area contributed by atoms with Crippen LogP contribution >= 0.6 is 0 Å². The Morgan fingerprint density at radius 3 is 2.34 bits per heavy atom. The van der Waals surface area contributed by atoms with Crippen molar-refractivity contribution in [2.45, 2.75) is 70.4 Å². The standard InChI is InChI=1S/C22H33N5O2/c1-15(2)20-23-12-17(13-24-20)22(29)26-10-7-19(8-11-26)27-9-3-4-16(14-27)21(28)25-18-5-6-18/h12-13,15-16,18-19H,3-11,14H2,1-2H3,(H,25,28). The van der Waals surface area contributed by atoms with E-state index in [9.17, 15) is 9.59 Å². The maximum absolute atomic E-state index is 12.8. The van der Waals surface area contributed by atoms with Crippen LogP contribution in [0.25, 0.3) is 0 Å². The van der Waals surface area contributed by atoms with Gasteiger partial charge in [0.1, 0.15) is 5.82 Å². The molecule has 0 aromatic carbocycles. The molecule has 1 saturated carbocycles. The lowest BCUT2D eigenvalue weighted by Crippen LogP contribution is -2.51. The monoisotopic (exact) mass is 399 g/mol. The number of hydrogen-bond donors (Lipinski definition) is 1. The second-order valence-electron chi connectivity index (χ2n) is 9.12. The summed E-state index contributed by atoms with van der Waals surface area (Å²) in [7, 11) is 0. The number of hydrogen-bond acceptors (Lipinski definition) is 5. The summed E-state index contributed by atoms with van der Waals surface area (Å²) in [4.78, 5) is 38.3. The van der Waals surface area contributed by atoms with Crippen molar-refractivity contribution in [2.75, 3.05) is 26.2 Å². The number of carbonyl (C=O) groups excluding carboxylic acids is 2. The van der Waals surface area contributed by atoms with Gasteiger partial charge in [-0.1, -0.05) is 13.8 Å². The van der Waals surface area contributed by atoms with Crippen molar-refractivity contribution in [3.8, 4) is 0 Å². The van der Waals surface area contributed by atoms with Gasteiger partial charge in [0.05, 0.1) is 11.5 Å². The molecule has 0 bridgehead atoms. The molecular formula is C22H33N5O2. The maximum atomic E-state index is 12.8. The van der Waals surface area contributed by atoms with Gasteiger partial charge in [0, 0.05) is 50.0 Å². The van der Waals surface area contributed by atoms with Gasteiger partial charge < -0.3 is 10.2 Å². The molecule has 2 saturated heterocycles. The number of likely N-dealkylation sites (tertiary alicyclic amines) is 2. The summed E-state index contributed by atoms with van der Waals surface area (Å²) in [6.45, 7) is 7.53. The fraction of sp³-hybridized carbons (Fsp3) is 0.727. The van der Waals surface area contributed by atoms with Crippen molar-refractivity contribution >= 4 is 11.8 Å². The van der Waals surface area contributed by atoms with E-state index in [1.807, 2.05) is 18.7 Å². The minimum absolute atomic E-state index is 0.0269. The van der Waals surface area contributed by atoms with Gasteiger partial charge in [0.15, 0.2) is 0 Å². The summed E-state index contributed by atoms with van der Waals surface area (Å²) < 4.78 is 0. The van der Waals surface area contributed by atoms with Gasteiger partial charge in [-0.05, 0) is 45.1 Å². The number of carbonyl (C=O) groups is 2. The number of piperidine rings is 2. The van der Waals surface area contributed by atoms with Crippen LogP contribution in [0, 0.1) is 5.92 Å². The van der Waals surface area contributed by atoms with Crippen molar-refractivity contribution in [1.29, 1.82) is 0 Å². The van der Waals surface area contributed by atoms with Crippen LogP contribution in [-0.2, 0) is 4.79 Å². The molecule has 0 radical (unpaired) electrons. The average Bonchev–Trinajstić information content (AvgIpc) is 3.57. The molecule has 1 aliphatic carbocycles. The highest BCUT2D eigenvalue weighted by Crippen LogP contribution is 2.26. The van der Waals surface area contributed by atoms with E-state index in [1.54, 1.807) is 12.4 Å². The summed E-state index contributed by atoms with van der Waals surface area (Å²) in [6, 6.07) is 0.904. The molecule has 1 unspecified atom stereocenters. The van der Waals surface area contributed by atoms with Gasteiger partial charge in [-0.25, -0.2) is 9.97 Å². The second kappa shape index (κ2) is 8.78. The van der Waals surface area contributed by atoms with E-state index in [0.29, 0.717) is 17.6 Å². The van der Waals surface area contributed by atoms with Crippen LogP contribution in [-0.4, -0.2) is 69.8 Å². The van der Waals surface area contributed by atoms with E-state index < -0.39 is 0 Å². The largest absolute Gasteiger partial charge is 0.353 e. The first kappa shape index (κ1) is 20.3.